The third-order valence-electron chi connectivity index (χ3n) is 3.33. The summed E-state index contributed by atoms with van der Waals surface area (Å²) in [5, 5.41) is 0.365. The molecule has 1 fully saturated rings. The van der Waals surface area contributed by atoms with Crippen molar-refractivity contribution in [2.75, 3.05) is 24.6 Å². The zero-order chi connectivity index (χ0) is 14.8. The molecule has 1 aliphatic rings. The molecule has 1 heterocycles. The molecule has 0 atom stereocenters. The maximum Gasteiger partial charge on any atom is 0.238 e. The number of benzene rings is 1. The molecule has 2 N–H and O–H groups in total. The van der Waals surface area contributed by atoms with E-state index in [1.54, 1.807) is 4.90 Å². The predicted octanol–water partition coefficient (Wildman–Crippen LogP) is 1.71. The van der Waals surface area contributed by atoms with Crippen molar-refractivity contribution in [3.8, 4) is 0 Å². The van der Waals surface area contributed by atoms with Crippen molar-refractivity contribution < 1.29 is 13.2 Å². The van der Waals surface area contributed by atoms with Crippen molar-refractivity contribution in [3.63, 3.8) is 0 Å². The first-order chi connectivity index (χ1) is 9.40. The Morgan fingerprint density at radius 3 is 2.50 bits per heavy atom. The molecule has 0 aliphatic carbocycles. The van der Waals surface area contributed by atoms with Crippen LogP contribution in [0.15, 0.2) is 23.1 Å². The molecule has 20 heavy (non-hydrogen) atoms. The fraction of sp³-hybridized carbons (Fsp3) is 0.462. The van der Waals surface area contributed by atoms with Gasteiger partial charge < -0.3 is 10.6 Å². The molecule has 1 saturated heterocycles. The topological polar surface area (TPSA) is 80.5 Å². The Kier molecular flexibility index (Phi) is 4.55. The standard InChI is InChI=1S/C13H17ClN2O3S/c14-10-4-5-12(11(15)8-10)20(18,19)9-13(17)16-6-2-1-3-7-16/h4-5,8H,1-3,6-7,9,15H2. The molecule has 0 unspecified atom stereocenters. The number of amides is 1. The first kappa shape index (κ1) is 15.1. The number of carbonyl (C=O) groups is 1. The number of nitrogens with zero attached hydrogens (tertiary/aromatic N) is 1. The summed E-state index contributed by atoms with van der Waals surface area (Å²) in [6, 6.07) is 4.17. The molecule has 110 valence electrons. The highest BCUT2D eigenvalue weighted by molar-refractivity contribution is 7.92. The number of nitrogen functional groups attached to an aromatic ring is 1. The molecule has 1 aliphatic heterocycles. The van der Waals surface area contributed by atoms with E-state index in [9.17, 15) is 13.2 Å². The van der Waals surface area contributed by atoms with E-state index in [1.165, 1.54) is 18.2 Å². The van der Waals surface area contributed by atoms with E-state index in [-0.39, 0.29) is 16.5 Å². The van der Waals surface area contributed by atoms with Crippen LogP contribution < -0.4 is 5.73 Å². The third-order valence-corrected chi connectivity index (χ3v) is 5.23. The monoisotopic (exact) mass is 316 g/mol. The van der Waals surface area contributed by atoms with Crippen LogP contribution >= 0.6 is 11.6 Å². The summed E-state index contributed by atoms with van der Waals surface area (Å²) >= 11 is 5.74. The van der Waals surface area contributed by atoms with Crippen molar-refractivity contribution in [1.29, 1.82) is 0 Å². The lowest BCUT2D eigenvalue weighted by Crippen LogP contribution is -2.39. The van der Waals surface area contributed by atoms with E-state index < -0.39 is 15.6 Å². The molecule has 2 rings (SSSR count). The Labute approximate surface area is 123 Å². The Hall–Kier alpha value is -1.27. The molecule has 1 aromatic rings. The zero-order valence-corrected chi connectivity index (χ0v) is 12.6. The number of carbonyl (C=O) groups excluding carboxylic acids is 1. The summed E-state index contributed by atoms with van der Waals surface area (Å²) in [5.41, 5.74) is 5.75. The number of hydrogen-bond donors (Lipinski definition) is 1. The van der Waals surface area contributed by atoms with Crippen molar-refractivity contribution >= 4 is 33.0 Å². The zero-order valence-electron chi connectivity index (χ0n) is 11.0. The molecule has 0 saturated carbocycles. The van der Waals surface area contributed by atoms with E-state index in [2.05, 4.69) is 0 Å². The van der Waals surface area contributed by atoms with Crippen molar-refractivity contribution in [2.45, 2.75) is 24.2 Å². The molecule has 1 amide bonds. The smallest absolute Gasteiger partial charge is 0.238 e. The molecule has 1 aromatic carbocycles. The van der Waals surface area contributed by atoms with E-state index in [0.29, 0.717) is 18.1 Å². The maximum absolute atomic E-state index is 12.2. The molecule has 5 nitrogen and oxygen atoms in total. The Morgan fingerprint density at radius 1 is 1.25 bits per heavy atom. The van der Waals surface area contributed by atoms with Crippen molar-refractivity contribution in [1.82, 2.24) is 4.90 Å². The summed E-state index contributed by atoms with van der Waals surface area (Å²) < 4.78 is 24.5. The van der Waals surface area contributed by atoms with Gasteiger partial charge in [-0.1, -0.05) is 11.6 Å². The van der Waals surface area contributed by atoms with Gasteiger partial charge in [0.25, 0.3) is 0 Å². The van der Waals surface area contributed by atoms with Crippen LogP contribution in [0.5, 0.6) is 0 Å². The van der Waals surface area contributed by atoms with Gasteiger partial charge in [-0.2, -0.15) is 0 Å². The first-order valence-electron chi connectivity index (χ1n) is 6.46. The fourth-order valence-corrected chi connectivity index (χ4v) is 3.81. The van der Waals surface area contributed by atoms with Gasteiger partial charge in [0, 0.05) is 18.1 Å². The second-order valence-electron chi connectivity index (χ2n) is 4.88. The van der Waals surface area contributed by atoms with Crippen molar-refractivity contribution in [3.05, 3.63) is 23.2 Å². The summed E-state index contributed by atoms with van der Waals surface area (Å²) in [6.07, 6.45) is 2.93. The highest BCUT2D eigenvalue weighted by Crippen LogP contribution is 2.24. The van der Waals surface area contributed by atoms with E-state index >= 15 is 0 Å². The van der Waals surface area contributed by atoms with Crippen LogP contribution in [-0.2, 0) is 14.6 Å². The summed E-state index contributed by atoms with van der Waals surface area (Å²) in [7, 11) is -3.73. The SMILES string of the molecule is Nc1cc(Cl)ccc1S(=O)(=O)CC(=O)N1CCCCC1. The van der Waals surface area contributed by atoms with Crippen LogP contribution in [0.1, 0.15) is 19.3 Å². The number of anilines is 1. The molecule has 0 aromatic heterocycles. The normalized spacial score (nSPS) is 16.1. The molecule has 0 spiro atoms. The number of piperidine rings is 1. The molecular weight excluding hydrogens is 300 g/mol. The van der Waals surface area contributed by atoms with Gasteiger partial charge in [0.15, 0.2) is 9.84 Å². The van der Waals surface area contributed by atoms with Crippen LogP contribution in [0.3, 0.4) is 0 Å². The number of likely N-dealkylation sites (tertiary alicyclic amines) is 1. The van der Waals surface area contributed by atoms with Gasteiger partial charge in [-0.3, -0.25) is 4.79 Å². The molecule has 0 radical (unpaired) electrons. The van der Waals surface area contributed by atoms with Gasteiger partial charge in [-0.05, 0) is 37.5 Å². The van der Waals surface area contributed by atoms with Crippen LogP contribution in [0.2, 0.25) is 5.02 Å². The lowest BCUT2D eigenvalue weighted by molar-refractivity contribution is -0.129. The van der Waals surface area contributed by atoms with Gasteiger partial charge in [0.1, 0.15) is 5.75 Å². The van der Waals surface area contributed by atoms with E-state index in [0.717, 1.165) is 19.3 Å². The number of hydrogen-bond acceptors (Lipinski definition) is 4. The van der Waals surface area contributed by atoms with Gasteiger partial charge >= 0.3 is 0 Å². The van der Waals surface area contributed by atoms with Crippen LogP contribution in [0.25, 0.3) is 0 Å². The van der Waals surface area contributed by atoms with Gasteiger partial charge in [0.2, 0.25) is 5.91 Å². The largest absolute Gasteiger partial charge is 0.398 e. The van der Waals surface area contributed by atoms with Gasteiger partial charge in [-0.25, -0.2) is 8.42 Å². The average Bonchev–Trinajstić information content (AvgIpc) is 2.38. The highest BCUT2D eigenvalue weighted by Gasteiger charge is 2.26. The molecule has 7 heteroatoms. The number of halogens is 1. The van der Waals surface area contributed by atoms with Crippen LogP contribution in [0.4, 0.5) is 5.69 Å². The second kappa shape index (κ2) is 6.01. The Balaban J connectivity index is 2.16. The Bertz CT molecular complexity index is 610. The maximum atomic E-state index is 12.2. The number of nitrogens with two attached hydrogens (primary N) is 1. The minimum atomic E-state index is -3.73. The van der Waals surface area contributed by atoms with E-state index in [1.807, 2.05) is 0 Å². The number of rotatable bonds is 3. The summed E-state index contributed by atoms with van der Waals surface area (Å²) in [5.74, 6) is -0.905. The first-order valence-corrected chi connectivity index (χ1v) is 8.49. The average molecular weight is 317 g/mol. The van der Waals surface area contributed by atoms with Crippen LogP contribution in [-0.4, -0.2) is 38.1 Å². The lowest BCUT2D eigenvalue weighted by atomic mass is 10.1. The fourth-order valence-electron chi connectivity index (χ4n) is 2.28. The summed E-state index contributed by atoms with van der Waals surface area (Å²) in [4.78, 5) is 13.6. The van der Waals surface area contributed by atoms with Gasteiger partial charge in [-0.15, -0.1) is 0 Å². The summed E-state index contributed by atoms with van der Waals surface area (Å²) in [6.45, 7) is 1.26. The number of sulfone groups is 1. The third kappa shape index (κ3) is 3.43. The Morgan fingerprint density at radius 2 is 1.90 bits per heavy atom. The van der Waals surface area contributed by atoms with Gasteiger partial charge in [0.05, 0.1) is 10.6 Å². The lowest BCUT2D eigenvalue weighted by Gasteiger charge is -2.26. The predicted molar refractivity (Wildman–Crippen MR) is 78.3 cm³/mol. The highest BCUT2D eigenvalue weighted by atomic mass is 35.5. The quantitative estimate of drug-likeness (QED) is 0.861. The molecule has 0 bridgehead atoms. The second-order valence-corrected chi connectivity index (χ2v) is 7.28. The minimum absolute atomic E-state index is 0.0349. The van der Waals surface area contributed by atoms with E-state index in [4.69, 9.17) is 17.3 Å². The minimum Gasteiger partial charge on any atom is -0.398 e. The van der Waals surface area contributed by atoms with Crippen molar-refractivity contribution in [2.24, 2.45) is 0 Å². The van der Waals surface area contributed by atoms with Crippen LogP contribution in [0, 0.1) is 0 Å². The molecular formula is C13H17ClN2O3S.